The molecule has 2 aromatic heterocycles. The highest BCUT2D eigenvalue weighted by Gasteiger charge is 2.19. The average molecular weight is 339 g/mol. The number of aldehydes is 1. The van der Waals surface area contributed by atoms with Crippen LogP contribution in [0.15, 0.2) is 41.2 Å². The molecule has 2 N–H and O–H groups in total. The molecule has 0 saturated heterocycles. The van der Waals surface area contributed by atoms with Gasteiger partial charge in [-0.15, -0.1) is 0 Å². The summed E-state index contributed by atoms with van der Waals surface area (Å²) in [5.41, 5.74) is 1.78. The third-order valence-electron chi connectivity index (χ3n) is 3.44. The lowest BCUT2D eigenvalue weighted by atomic mass is 9.77. The van der Waals surface area contributed by atoms with E-state index in [9.17, 15) is 14.8 Å². The lowest BCUT2D eigenvalue weighted by Gasteiger charge is -2.10. The summed E-state index contributed by atoms with van der Waals surface area (Å²) in [6.45, 7) is 1.86. The standard InChI is InChI=1S/C16H14BN3O5/c1-10-5-11(7-18-6-10)16-19-15(20-25-16)9-24-14-4-2-3-13(17(22)23)12(14)8-21/h2-8,22-23H,9H2,1H3. The molecule has 25 heavy (non-hydrogen) atoms. The summed E-state index contributed by atoms with van der Waals surface area (Å²) in [4.78, 5) is 19.5. The van der Waals surface area contributed by atoms with Crippen molar-refractivity contribution in [3.8, 4) is 17.2 Å². The summed E-state index contributed by atoms with van der Waals surface area (Å²) in [7, 11) is -1.77. The monoisotopic (exact) mass is 339 g/mol. The molecule has 1 aromatic carbocycles. The molecule has 8 nitrogen and oxygen atoms in total. The van der Waals surface area contributed by atoms with Crippen molar-refractivity contribution < 1.29 is 24.1 Å². The summed E-state index contributed by atoms with van der Waals surface area (Å²) >= 11 is 0. The molecule has 0 aliphatic rings. The lowest BCUT2D eigenvalue weighted by molar-refractivity contribution is 0.111. The maximum Gasteiger partial charge on any atom is 0.489 e. The summed E-state index contributed by atoms with van der Waals surface area (Å²) < 4.78 is 10.7. The van der Waals surface area contributed by atoms with Crippen LogP contribution in [0.4, 0.5) is 0 Å². The van der Waals surface area contributed by atoms with Gasteiger partial charge in [0.25, 0.3) is 5.89 Å². The number of pyridine rings is 1. The van der Waals surface area contributed by atoms with Gasteiger partial charge in [-0.3, -0.25) is 9.78 Å². The van der Waals surface area contributed by atoms with Crippen molar-refractivity contribution in [1.29, 1.82) is 0 Å². The number of benzene rings is 1. The Hall–Kier alpha value is -3.04. The number of aryl methyl sites for hydroxylation is 1. The molecule has 126 valence electrons. The molecule has 9 heteroatoms. The van der Waals surface area contributed by atoms with Gasteiger partial charge in [0.2, 0.25) is 5.82 Å². The quantitative estimate of drug-likeness (QED) is 0.493. The molecule has 0 amide bonds. The highest BCUT2D eigenvalue weighted by molar-refractivity contribution is 6.60. The van der Waals surface area contributed by atoms with Gasteiger partial charge < -0.3 is 19.3 Å². The third kappa shape index (κ3) is 3.73. The van der Waals surface area contributed by atoms with Gasteiger partial charge in [-0.1, -0.05) is 17.3 Å². The number of nitrogens with zero attached hydrogens (tertiary/aromatic N) is 3. The van der Waals surface area contributed by atoms with Gasteiger partial charge in [0.15, 0.2) is 12.9 Å². The largest absolute Gasteiger partial charge is 0.489 e. The van der Waals surface area contributed by atoms with E-state index in [4.69, 9.17) is 9.26 Å². The Balaban J connectivity index is 1.77. The number of aromatic nitrogens is 3. The van der Waals surface area contributed by atoms with Crippen molar-refractivity contribution in [2.24, 2.45) is 0 Å². The highest BCUT2D eigenvalue weighted by atomic mass is 16.5. The van der Waals surface area contributed by atoms with Crippen LogP contribution in [-0.4, -0.2) is 38.6 Å². The van der Waals surface area contributed by atoms with Crippen molar-refractivity contribution in [2.75, 3.05) is 0 Å². The molecule has 3 rings (SSSR count). The van der Waals surface area contributed by atoms with Crippen molar-refractivity contribution >= 4 is 18.9 Å². The number of carbonyl (C=O) groups excluding carboxylic acids is 1. The number of carbonyl (C=O) groups is 1. The van der Waals surface area contributed by atoms with E-state index in [0.29, 0.717) is 17.7 Å². The van der Waals surface area contributed by atoms with Crippen LogP contribution in [0.25, 0.3) is 11.5 Å². The molecule has 3 aromatic rings. The Labute approximate surface area is 143 Å². The molecular formula is C16H14BN3O5. The first-order valence-corrected chi connectivity index (χ1v) is 7.40. The zero-order valence-corrected chi connectivity index (χ0v) is 13.3. The Kier molecular flexibility index (Phi) is 4.87. The molecule has 0 aliphatic heterocycles. The fourth-order valence-corrected chi connectivity index (χ4v) is 2.28. The second-order valence-corrected chi connectivity index (χ2v) is 5.31. The van der Waals surface area contributed by atoms with Gasteiger partial charge in [0.05, 0.1) is 11.1 Å². The molecule has 0 unspecified atom stereocenters. The Morgan fingerprint density at radius 1 is 1.32 bits per heavy atom. The van der Waals surface area contributed by atoms with Gasteiger partial charge >= 0.3 is 7.12 Å². The number of rotatable bonds is 6. The summed E-state index contributed by atoms with van der Waals surface area (Å²) in [5.74, 6) is 0.789. The Morgan fingerprint density at radius 3 is 2.88 bits per heavy atom. The third-order valence-corrected chi connectivity index (χ3v) is 3.44. The van der Waals surface area contributed by atoms with Gasteiger partial charge in [-0.25, -0.2) is 0 Å². The van der Waals surface area contributed by atoms with Crippen LogP contribution in [0.5, 0.6) is 5.75 Å². The van der Waals surface area contributed by atoms with Crippen molar-refractivity contribution in [3.63, 3.8) is 0 Å². The van der Waals surface area contributed by atoms with E-state index in [2.05, 4.69) is 15.1 Å². The molecule has 0 spiro atoms. The highest BCUT2D eigenvalue weighted by Crippen LogP contribution is 2.19. The minimum Gasteiger partial charge on any atom is -0.485 e. The smallest absolute Gasteiger partial charge is 0.485 e. The van der Waals surface area contributed by atoms with E-state index in [-0.39, 0.29) is 29.2 Å². The van der Waals surface area contributed by atoms with Crippen LogP contribution >= 0.6 is 0 Å². The summed E-state index contributed by atoms with van der Waals surface area (Å²) in [6, 6.07) is 6.39. The van der Waals surface area contributed by atoms with E-state index < -0.39 is 7.12 Å². The van der Waals surface area contributed by atoms with Gasteiger partial charge in [-0.2, -0.15) is 4.98 Å². The molecule has 0 saturated carbocycles. The number of hydrogen-bond acceptors (Lipinski definition) is 8. The van der Waals surface area contributed by atoms with Crippen LogP contribution in [-0.2, 0) is 6.61 Å². The number of hydrogen-bond donors (Lipinski definition) is 2. The fraction of sp³-hybridized carbons (Fsp3) is 0.125. The summed E-state index contributed by atoms with van der Waals surface area (Å²) in [5, 5.41) is 22.4. The predicted molar refractivity (Wildman–Crippen MR) is 88.3 cm³/mol. The van der Waals surface area contributed by atoms with Gasteiger partial charge in [0.1, 0.15) is 5.75 Å². The zero-order chi connectivity index (χ0) is 17.8. The van der Waals surface area contributed by atoms with Crippen LogP contribution in [0.2, 0.25) is 0 Å². The molecule has 0 atom stereocenters. The summed E-state index contributed by atoms with van der Waals surface area (Å²) in [6.07, 6.45) is 3.83. The van der Waals surface area contributed by atoms with Crippen LogP contribution in [0.3, 0.4) is 0 Å². The first-order chi connectivity index (χ1) is 12.1. The Morgan fingerprint density at radius 2 is 2.16 bits per heavy atom. The topological polar surface area (TPSA) is 119 Å². The maximum absolute atomic E-state index is 11.2. The predicted octanol–water partition coefficient (Wildman–Crippen LogP) is 0.511. The van der Waals surface area contributed by atoms with Crippen LogP contribution < -0.4 is 10.2 Å². The molecule has 0 bridgehead atoms. The van der Waals surface area contributed by atoms with E-state index in [1.807, 2.05) is 13.0 Å². The first-order valence-electron chi connectivity index (χ1n) is 7.40. The normalized spacial score (nSPS) is 10.5. The molecule has 2 heterocycles. The number of ether oxygens (including phenoxy) is 1. The second-order valence-electron chi connectivity index (χ2n) is 5.31. The second kappa shape index (κ2) is 7.24. The maximum atomic E-state index is 11.2. The molecule has 0 aliphatic carbocycles. The van der Waals surface area contributed by atoms with Gasteiger partial charge in [-0.05, 0) is 30.1 Å². The van der Waals surface area contributed by atoms with Crippen LogP contribution in [0.1, 0.15) is 21.7 Å². The first kappa shape index (κ1) is 16.8. The van der Waals surface area contributed by atoms with E-state index in [0.717, 1.165) is 5.56 Å². The molecular weight excluding hydrogens is 325 g/mol. The van der Waals surface area contributed by atoms with E-state index in [1.165, 1.54) is 6.07 Å². The van der Waals surface area contributed by atoms with Crippen molar-refractivity contribution in [2.45, 2.75) is 13.5 Å². The van der Waals surface area contributed by atoms with E-state index in [1.54, 1.807) is 24.5 Å². The lowest BCUT2D eigenvalue weighted by Crippen LogP contribution is -2.33. The fourth-order valence-electron chi connectivity index (χ4n) is 2.28. The molecule has 0 fully saturated rings. The van der Waals surface area contributed by atoms with Gasteiger partial charge in [0, 0.05) is 12.4 Å². The minimum absolute atomic E-state index is 0.0471. The molecule has 0 radical (unpaired) electrons. The van der Waals surface area contributed by atoms with Crippen molar-refractivity contribution in [3.05, 3.63) is 53.6 Å². The van der Waals surface area contributed by atoms with Crippen molar-refractivity contribution in [1.82, 2.24) is 15.1 Å². The van der Waals surface area contributed by atoms with E-state index >= 15 is 0 Å². The Bertz CT molecular complexity index is 897. The minimum atomic E-state index is -1.77. The van der Waals surface area contributed by atoms with Crippen LogP contribution in [0, 0.1) is 6.92 Å². The SMILES string of the molecule is Cc1cncc(-c2nc(COc3cccc(B(O)O)c3C=O)no2)c1. The average Bonchev–Trinajstić information content (AvgIpc) is 3.08. The zero-order valence-electron chi connectivity index (χ0n) is 13.3.